The molecule has 15 rings (SSSR count). The summed E-state index contributed by atoms with van der Waals surface area (Å²) >= 11 is 10.4. The molecule has 0 aliphatic heterocycles. The van der Waals surface area contributed by atoms with Gasteiger partial charge in [0.05, 0.1) is 59.3 Å². The van der Waals surface area contributed by atoms with E-state index in [-0.39, 0.29) is 116 Å². The molecule has 0 bridgehead atoms. The summed E-state index contributed by atoms with van der Waals surface area (Å²) in [4.78, 5) is 134. The van der Waals surface area contributed by atoms with Crippen molar-refractivity contribution in [2.45, 2.75) is 150 Å². The quantitative estimate of drug-likeness (QED) is 0.0292. The summed E-state index contributed by atoms with van der Waals surface area (Å²) in [5, 5.41) is 53.5. The predicted octanol–water partition coefficient (Wildman–Crippen LogP) is 11.2. The number of nitrogen functional groups attached to an aromatic ring is 1. The zero-order valence-corrected chi connectivity index (χ0v) is 67.6. The molecule has 0 saturated heterocycles. The van der Waals surface area contributed by atoms with Gasteiger partial charge in [0.25, 0.3) is 16.7 Å². The molecule has 3 fully saturated rings. The van der Waals surface area contributed by atoms with E-state index in [1.54, 1.807) is 139 Å². The zero-order valence-electron chi connectivity index (χ0n) is 64.4. The summed E-state index contributed by atoms with van der Waals surface area (Å²) in [5.74, 6) is 1.20. The lowest BCUT2D eigenvalue weighted by molar-refractivity contribution is 0.0199. The smallest absolute Gasteiger partial charge is 0.415 e. The van der Waals surface area contributed by atoms with Gasteiger partial charge in [0.15, 0.2) is 49.7 Å². The third kappa shape index (κ3) is 18.6. The fraction of sp³-hybridized carbons (Fsp3) is 0.382. The number of pyridine rings is 3. The van der Waals surface area contributed by atoms with Gasteiger partial charge in [-0.15, -0.1) is 34.0 Å². The number of Topliss-reactive ketones (excluding diaryl/α,β-unsaturated/α-hetero) is 3. The maximum atomic E-state index is 13.3. The Kier molecular flexibility index (Phi) is 24.5. The number of thiazole rings is 3. The Bertz CT molecular complexity index is 5810. The molecule has 3 unspecified atom stereocenters. The second-order valence-electron chi connectivity index (χ2n) is 29.6. The number of anilines is 8. The molecule has 12 heterocycles. The standard InChI is InChI=1S/C27H31N7O5S.C22H23N7O3S.C18H23ClN4O4.C9H9N3OS/c1-15-13-28-25(40-15)33-10-6-7-18(24(33)37)30-21-12-22(32(5)26(38)39-27(2,3)4)34-23(31-21)17(14-29-34)20(36)11-16-8-9-19(16)35;1-12-10-24-22(33-12)28-7-3-4-15(21(28)32)26-18-9-19(23-2)29-20(27-18)14(11-25-29)17(31)8-13-5-6-16(13)30;1-18(2,3)27-17(26)22(4)15-8-14(19)21-16-11(9-20-23(15)16)13(25)7-10-5-6-12(10)24;1-6-5-11-9(14-6)12-4-2-3-7(10)8(12)13/h6-7,10,12-14,16,19,35H,8-9,11H2,1-5H3,(H,30,31);3-4,7,9-11,13,16,23,30H,5-6,8H2,1-2H3,(H,26,27);8-10,12,24H,5-7H2,1-4H3;2-5H,10H2,1H3/t16?,19-;13?,16-;10?,12-;/m111./s1. The number of aryl methyl sites for hydroxylation is 3. The molecular weight excluding hydrogens is 1550 g/mol. The van der Waals surface area contributed by atoms with E-state index in [9.17, 15) is 53.7 Å². The number of nitrogens with one attached hydrogen (secondary N) is 3. The summed E-state index contributed by atoms with van der Waals surface area (Å²) < 4.78 is 19.6. The van der Waals surface area contributed by atoms with Gasteiger partial charge in [-0.25, -0.2) is 39.5 Å². The van der Waals surface area contributed by atoms with Gasteiger partial charge < -0.3 is 46.5 Å². The van der Waals surface area contributed by atoms with Crippen molar-refractivity contribution in [1.82, 2.24) is 72.4 Å². The molecule has 3 aliphatic carbocycles. The molecule has 3 aliphatic rings. The number of nitrogens with two attached hydrogens (primary N) is 1. The molecule has 3 saturated carbocycles. The van der Waals surface area contributed by atoms with E-state index < -0.39 is 41.7 Å². The van der Waals surface area contributed by atoms with Crippen LogP contribution in [0.1, 0.15) is 145 Å². The first-order valence-corrected chi connectivity index (χ1v) is 39.2. The molecule has 34 nitrogen and oxygen atoms in total. The highest BCUT2D eigenvalue weighted by Gasteiger charge is 2.36. The third-order valence-corrected chi connectivity index (χ3v) is 21.8. The maximum Gasteiger partial charge on any atom is 0.415 e. The minimum atomic E-state index is -0.739. The van der Waals surface area contributed by atoms with Crippen LogP contribution in [0.4, 0.5) is 55.7 Å². The van der Waals surface area contributed by atoms with Crippen molar-refractivity contribution in [2.75, 3.05) is 52.6 Å². The van der Waals surface area contributed by atoms with Crippen LogP contribution in [-0.2, 0) is 9.47 Å². The molecule has 114 heavy (non-hydrogen) atoms. The molecule has 12 aromatic heterocycles. The van der Waals surface area contributed by atoms with E-state index in [1.807, 2.05) is 20.8 Å². The number of fused-ring (bicyclic) bond motifs is 3. The molecule has 598 valence electrons. The van der Waals surface area contributed by atoms with Crippen LogP contribution in [0.25, 0.3) is 32.3 Å². The Labute approximate surface area is 668 Å². The second kappa shape index (κ2) is 34.1. The Morgan fingerprint density at radius 3 is 1.25 bits per heavy atom. The van der Waals surface area contributed by atoms with Gasteiger partial charge in [-0.2, -0.15) is 28.8 Å². The van der Waals surface area contributed by atoms with Gasteiger partial charge >= 0.3 is 12.2 Å². The SMILES string of the molecule is CN(C(=O)OC(C)(C)C)c1cc(Cl)nc2c(C(=O)CC3CC[C@H]3O)cnn12.CNc1cc(Nc2cccn(-c3ncc(C)s3)c2=O)nc2c(C(=O)CC3CC[C@H]3O)cnn12.Cc1cnc(-n2cccc(N)c2=O)s1.Cc1cnc(-n2cccc(Nc3cc(N(C)C(=O)OC(C)(C)C)n4ncc(C(=O)CC5CC[C@H]5O)c4n3)c2=O)s1. The number of halogens is 1. The van der Waals surface area contributed by atoms with Gasteiger partial charge in [0, 0.05) is 110 Å². The minimum absolute atomic E-state index is 0.0187. The molecule has 2 amide bonds. The molecule has 38 heteroatoms. The van der Waals surface area contributed by atoms with Crippen molar-refractivity contribution in [1.29, 1.82) is 0 Å². The van der Waals surface area contributed by atoms with Gasteiger partial charge in [-0.3, -0.25) is 52.3 Å². The number of aliphatic hydroxyl groups is 3. The first-order chi connectivity index (χ1) is 54.1. The lowest BCUT2D eigenvalue weighted by Crippen LogP contribution is -2.35. The normalized spacial score (nSPS) is 17.0. The number of rotatable bonds is 19. The number of carbonyl (C=O) groups excluding carboxylic acids is 5. The summed E-state index contributed by atoms with van der Waals surface area (Å²) in [5.41, 5.74) is 5.90. The number of hydrogen-bond acceptors (Lipinski definition) is 29. The van der Waals surface area contributed by atoms with Crippen LogP contribution in [0.15, 0.2) is 125 Å². The summed E-state index contributed by atoms with van der Waals surface area (Å²) in [6.45, 7) is 16.4. The predicted molar refractivity (Wildman–Crippen MR) is 434 cm³/mol. The van der Waals surface area contributed by atoms with Crippen LogP contribution in [0, 0.1) is 38.5 Å². The lowest BCUT2D eigenvalue weighted by atomic mass is 9.78. The number of ether oxygens (including phenoxy) is 2. The number of ketones is 3. The Morgan fingerprint density at radius 2 is 0.886 bits per heavy atom. The zero-order chi connectivity index (χ0) is 81.9. The number of aromatic nitrogens is 15. The average Bonchev–Trinajstić information content (AvgIpc) is 1.07. The van der Waals surface area contributed by atoms with Gasteiger partial charge in [-0.05, 0) is 155 Å². The minimum Gasteiger partial charge on any atom is -0.443 e. The van der Waals surface area contributed by atoms with Crippen molar-refractivity contribution >= 4 is 138 Å². The van der Waals surface area contributed by atoms with E-state index in [0.29, 0.717) is 61.7 Å². The second-order valence-corrected chi connectivity index (χ2v) is 33.6. The van der Waals surface area contributed by atoms with Crippen molar-refractivity contribution in [3.8, 4) is 15.4 Å². The van der Waals surface area contributed by atoms with E-state index in [1.165, 1.54) is 105 Å². The van der Waals surface area contributed by atoms with Gasteiger partial charge in [0.2, 0.25) is 0 Å². The van der Waals surface area contributed by atoms with E-state index >= 15 is 0 Å². The van der Waals surface area contributed by atoms with Crippen molar-refractivity contribution in [2.24, 2.45) is 17.8 Å². The number of amides is 2. The molecule has 0 aromatic carbocycles. The van der Waals surface area contributed by atoms with Gasteiger partial charge in [0.1, 0.15) is 56.8 Å². The fourth-order valence-corrected chi connectivity index (χ4v) is 14.6. The number of hydrogen-bond donors (Lipinski definition) is 7. The van der Waals surface area contributed by atoms with Crippen LogP contribution in [-0.4, -0.2) is 168 Å². The van der Waals surface area contributed by atoms with Crippen LogP contribution >= 0.6 is 45.6 Å². The molecule has 12 aromatic rings. The Balaban J connectivity index is 0.000000148. The summed E-state index contributed by atoms with van der Waals surface area (Å²) in [7, 11) is 4.81. The van der Waals surface area contributed by atoms with E-state index in [4.69, 9.17) is 26.8 Å². The number of carbonyl (C=O) groups is 5. The van der Waals surface area contributed by atoms with Crippen molar-refractivity contribution in [3.63, 3.8) is 0 Å². The van der Waals surface area contributed by atoms with Crippen molar-refractivity contribution < 1.29 is 48.8 Å². The van der Waals surface area contributed by atoms with Crippen LogP contribution in [0.2, 0.25) is 5.15 Å². The Hall–Kier alpha value is -11.5. The van der Waals surface area contributed by atoms with Gasteiger partial charge in [-0.1, -0.05) is 11.6 Å². The lowest BCUT2D eigenvalue weighted by Gasteiger charge is -2.31. The molecule has 6 atom stereocenters. The molecule has 0 radical (unpaired) electrons. The highest BCUT2D eigenvalue weighted by Crippen LogP contribution is 2.36. The van der Waals surface area contributed by atoms with E-state index in [2.05, 4.69) is 61.2 Å². The third-order valence-electron chi connectivity index (χ3n) is 18.8. The highest BCUT2D eigenvalue weighted by atomic mass is 35.5. The number of nitrogens with zero attached hydrogens (tertiary/aromatic N) is 17. The Morgan fingerprint density at radius 1 is 0.526 bits per heavy atom. The topological polar surface area (TPSA) is 428 Å². The van der Waals surface area contributed by atoms with Crippen LogP contribution in [0.5, 0.6) is 0 Å². The van der Waals surface area contributed by atoms with Crippen molar-refractivity contribution in [3.05, 3.63) is 178 Å². The maximum absolute atomic E-state index is 13.3. The summed E-state index contributed by atoms with van der Waals surface area (Å²) in [6.07, 6.45) is 17.1. The molecular formula is C76H86ClN21O13S3. The first-order valence-electron chi connectivity index (χ1n) is 36.4. The largest absolute Gasteiger partial charge is 0.443 e. The average molecular weight is 1630 g/mol. The monoisotopic (exact) mass is 1630 g/mol. The van der Waals surface area contributed by atoms with Crippen LogP contribution in [0.3, 0.4) is 0 Å². The number of aliphatic hydroxyl groups excluding tert-OH is 3. The molecule has 0 spiro atoms. The fourth-order valence-electron chi connectivity index (χ4n) is 12.2. The van der Waals surface area contributed by atoms with Crippen LogP contribution < -0.4 is 48.2 Å². The first kappa shape index (κ1) is 82.0. The summed E-state index contributed by atoms with van der Waals surface area (Å²) in [6, 6.07) is 14.8. The molecule has 8 N–H and O–H groups in total. The highest BCUT2D eigenvalue weighted by molar-refractivity contribution is 7.14. The van der Waals surface area contributed by atoms with E-state index in [0.717, 1.165) is 46.7 Å².